The van der Waals surface area contributed by atoms with E-state index in [2.05, 4.69) is 47.8 Å². The molecule has 4 nitrogen and oxygen atoms in total. The second kappa shape index (κ2) is 6.81. The number of aromatic carboxylic acids is 1. The third-order valence-corrected chi connectivity index (χ3v) is 4.50. The highest BCUT2D eigenvalue weighted by Crippen LogP contribution is 2.38. The average molecular weight is 481 g/mol. The highest BCUT2D eigenvalue weighted by atomic mass is 79.9. The van der Waals surface area contributed by atoms with Crippen LogP contribution in [0.3, 0.4) is 0 Å². The first-order valence-electron chi connectivity index (χ1n) is 5.66. The molecule has 0 atom stereocenters. The van der Waals surface area contributed by atoms with E-state index in [1.54, 1.807) is 31.4 Å². The molecule has 0 spiro atoms. The minimum atomic E-state index is -0.998. The van der Waals surface area contributed by atoms with E-state index in [0.29, 0.717) is 21.7 Å². The molecule has 2 aromatic carbocycles. The van der Waals surface area contributed by atoms with Gasteiger partial charge in [0, 0.05) is 4.47 Å². The fourth-order valence-electron chi connectivity index (χ4n) is 1.60. The molecule has 0 aliphatic heterocycles. The lowest BCUT2D eigenvalue weighted by Crippen LogP contribution is -1.97. The molecule has 0 bridgehead atoms. The Hall–Kier alpha value is -1.05. The van der Waals surface area contributed by atoms with Gasteiger partial charge in [-0.2, -0.15) is 0 Å². The number of carbonyl (C=O) groups is 1. The first-order valence-corrected chi connectivity index (χ1v) is 8.04. The summed E-state index contributed by atoms with van der Waals surface area (Å²) in [6.07, 6.45) is 0. The molecular formula is C14H9Br3O4. The monoisotopic (exact) mass is 478 g/mol. The van der Waals surface area contributed by atoms with Gasteiger partial charge in [-0.15, -0.1) is 0 Å². The first-order chi connectivity index (χ1) is 9.92. The average Bonchev–Trinajstić information content (AvgIpc) is 2.42. The minimum Gasteiger partial charge on any atom is -0.496 e. The smallest absolute Gasteiger partial charge is 0.336 e. The standard InChI is InChI=1S/C14H9Br3O4/c1-20-12-5-11(17)13(6-10(12)16)21-7-2-3-8(14(18)19)9(15)4-7/h2-6H,1H3,(H,18,19). The molecule has 0 unspecified atom stereocenters. The van der Waals surface area contributed by atoms with Crippen LogP contribution in [-0.4, -0.2) is 18.2 Å². The maximum absolute atomic E-state index is 11.0. The van der Waals surface area contributed by atoms with Crippen LogP contribution in [0.15, 0.2) is 43.7 Å². The van der Waals surface area contributed by atoms with E-state index in [4.69, 9.17) is 14.6 Å². The Morgan fingerprint density at radius 3 is 2.19 bits per heavy atom. The van der Waals surface area contributed by atoms with E-state index >= 15 is 0 Å². The predicted molar refractivity (Wildman–Crippen MR) is 89.6 cm³/mol. The summed E-state index contributed by atoms with van der Waals surface area (Å²) < 4.78 is 12.9. The Kier molecular flexibility index (Phi) is 5.29. The van der Waals surface area contributed by atoms with Crippen LogP contribution in [0.4, 0.5) is 0 Å². The van der Waals surface area contributed by atoms with Crippen LogP contribution >= 0.6 is 47.8 Å². The molecule has 0 radical (unpaired) electrons. The highest BCUT2D eigenvalue weighted by Gasteiger charge is 2.12. The molecule has 7 heteroatoms. The minimum absolute atomic E-state index is 0.178. The number of rotatable bonds is 4. The molecule has 0 heterocycles. The van der Waals surface area contributed by atoms with Gasteiger partial charge in [0.15, 0.2) is 0 Å². The van der Waals surface area contributed by atoms with Crippen molar-refractivity contribution in [2.24, 2.45) is 0 Å². The fourth-order valence-corrected chi connectivity index (χ4v) is 3.02. The van der Waals surface area contributed by atoms with Gasteiger partial charge in [0.05, 0.1) is 21.6 Å². The van der Waals surface area contributed by atoms with Crippen LogP contribution in [0.5, 0.6) is 17.2 Å². The van der Waals surface area contributed by atoms with Crippen molar-refractivity contribution < 1.29 is 19.4 Å². The van der Waals surface area contributed by atoms with Crippen LogP contribution in [0.2, 0.25) is 0 Å². The Labute approximate surface area is 146 Å². The summed E-state index contributed by atoms with van der Waals surface area (Å²) in [5, 5.41) is 8.99. The van der Waals surface area contributed by atoms with Gasteiger partial charge >= 0.3 is 5.97 Å². The molecule has 0 saturated heterocycles. The van der Waals surface area contributed by atoms with E-state index < -0.39 is 5.97 Å². The third-order valence-electron chi connectivity index (χ3n) is 2.61. The summed E-state index contributed by atoms with van der Waals surface area (Å²) in [6.45, 7) is 0. The number of benzene rings is 2. The van der Waals surface area contributed by atoms with Crippen LogP contribution in [0, 0.1) is 0 Å². The largest absolute Gasteiger partial charge is 0.496 e. The summed E-state index contributed by atoms with van der Waals surface area (Å²) in [5.41, 5.74) is 0.178. The van der Waals surface area contributed by atoms with Crippen LogP contribution < -0.4 is 9.47 Å². The summed E-state index contributed by atoms with van der Waals surface area (Å²) in [7, 11) is 1.58. The molecule has 0 aliphatic rings. The van der Waals surface area contributed by atoms with Crippen molar-refractivity contribution in [1.82, 2.24) is 0 Å². The van der Waals surface area contributed by atoms with Gasteiger partial charge in [-0.1, -0.05) is 0 Å². The summed E-state index contributed by atoms with van der Waals surface area (Å²) in [4.78, 5) is 11.0. The van der Waals surface area contributed by atoms with Gasteiger partial charge in [-0.05, 0) is 78.1 Å². The summed E-state index contributed by atoms with van der Waals surface area (Å²) in [5.74, 6) is 0.778. The first kappa shape index (κ1) is 16.3. The van der Waals surface area contributed by atoms with Crippen molar-refractivity contribution in [3.63, 3.8) is 0 Å². The zero-order chi connectivity index (χ0) is 15.6. The van der Waals surface area contributed by atoms with E-state index in [-0.39, 0.29) is 5.56 Å². The second-order valence-corrected chi connectivity index (χ2v) is 6.53. The molecule has 21 heavy (non-hydrogen) atoms. The van der Waals surface area contributed by atoms with E-state index in [9.17, 15) is 4.79 Å². The Balaban J connectivity index is 2.32. The lowest BCUT2D eigenvalue weighted by atomic mass is 10.2. The van der Waals surface area contributed by atoms with Gasteiger partial charge in [0.2, 0.25) is 0 Å². The number of carboxylic acid groups (broad SMARTS) is 1. The SMILES string of the molecule is COc1cc(Br)c(Oc2ccc(C(=O)O)c(Br)c2)cc1Br. The lowest BCUT2D eigenvalue weighted by Gasteiger charge is -2.11. The molecule has 1 N–H and O–H groups in total. The topological polar surface area (TPSA) is 55.8 Å². The normalized spacial score (nSPS) is 10.3. The number of ether oxygens (including phenoxy) is 2. The number of carboxylic acids is 1. The van der Waals surface area contributed by atoms with Crippen LogP contribution in [-0.2, 0) is 0 Å². The molecule has 2 aromatic rings. The van der Waals surface area contributed by atoms with Gasteiger partial charge in [-0.3, -0.25) is 0 Å². The Morgan fingerprint density at radius 1 is 1.00 bits per heavy atom. The molecule has 0 aliphatic carbocycles. The van der Waals surface area contributed by atoms with Gasteiger partial charge < -0.3 is 14.6 Å². The number of methoxy groups -OCH3 is 1. The van der Waals surface area contributed by atoms with E-state index in [1.165, 1.54) is 6.07 Å². The molecule has 0 fully saturated rings. The predicted octanol–water partition coefficient (Wildman–Crippen LogP) is 5.47. The van der Waals surface area contributed by atoms with Crippen LogP contribution in [0.1, 0.15) is 10.4 Å². The maximum Gasteiger partial charge on any atom is 0.336 e. The van der Waals surface area contributed by atoms with Crippen molar-refractivity contribution in [2.75, 3.05) is 7.11 Å². The van der Waals surface area contributed by atoms with Gasteiger partial charge in [0.25, 0.3) is 0 Å². The molecule has 2 rings (SSSR count). The van der Waals surface area contributed by atoms with E-state index in [0.717, 1.165) is 8.95 Å². The van der Waals surface area contributed by atoms with Crippen molar-refractivity contribution in [2.45, 2.75) is 0 Å². The van der Waals surface area contributed by atoms with Gasteiger partial charge in [0.1, 0.15) is 17.2 Å². The number of hydrogen-bond donors (Lipinski definition) is 1. The summed E-state index contributed by atoms with van der Waals surface area (Å²) in [6, 6.07) is 8.23. The molecule has 0 saturated carbocycles. The zero-order valence-electron chi connectivity index (χ0n) is 10.7. The van der Waals surface area contributed by atoms with Crippen molar-refractivity contribution in [1.29, 1.82) is 0 Å². The fraction of sp³-hybridized carbons (Fsp3) is 0.0714. The van der Waals surface area contributed by atoms with Crippen molar-refractivity contribution in [3.05, 3.63) is 49.3 Å². The van der Waals surface area contributed by atoms with Gasteiger partial charge in [-0.25, -0.2) is 4.79 Å². The molecule has 110 valence electrons. The van der Waals surface area contributed by atoms with E-state index in [1.807, 2.05) is 0 Å². The summed E-state index contributed by atoms with van der Waals surface area (Å²) >= 11 is 10.0. The van der Waals surface area contributed by atoms with Crippen molar-refractivity contribution in [3.8, 4) is 17.2 Å². The zero-order valence-corrected chi connectivity index (χ0v) is 15.5. The number of hydrogen-bond acceptors (Lipinski definition) is 3. The maximum atomic E-state index is 11.0. The highest BCUT2D eigenvalue weighted by molar-refractivity contribution is 9.11. The van der Waals surface area contributed by atoms with Crippen LogP contribution in [0.25, 0.3) is 0 Å². The third kappa shape index (κ3) is 3.78. The number of halogens is 3. The Morgan fingerprint density at radius 2 is 1.62 bits per heavy atom. The Bertz CT molecular complexity index is 701. The molecular weight excluding hydrogens is 472 g/mol. The molecule has 0 amide bonds. The lowest BCUT2D eigenvalue weighted by molar-refractivity contribution is 0.0696. The quantitative estimate of drug-likeness (QED) is 0.630. The molecule has 0 aromatic heterocycles. The second-order valence-electron chi connectivity index (χ2n) is 3.97. The van der Waals surface area contributed by atoms with Crippen molar-refractivity contribution >= 4 is 53.8 Å².